The van der Waals surface area contributed by atoms with E-state index in [1.807, 2.05) is 42.2 Å². The molecule has 1 saturated heterocycles. The minimum Gasteiger partial charge on any atom is -0.341 e. The molecule has 0 atom stereocenters. The van der Waals surface area contributed by atoms with Gasteiger partial charge in [-0.15, -0.1) is 0 Å². The molecule has 0 spiro atoms. The van der Waals surface area contributed by atoms with E-state index >= 15 is 0 Å². The topological polar surface area (TPSA) is 57.7 Å². The molecule has 142 valence electrons. The highest BCUT2D eigenvalue weighted by atomic mass is 32.2. The van der Waals surface area contributed by atoms with E-state index in [0.717, 1.165) is 36.8 Å². The molecule has 2 aliphatic heterocycles. The standard InChI is InChI=1S/C21H24N2O3S/c1-16-10-11-19-18(14-16)17-8-4-5-9-20(17)27(25,26)23(19)15-21(24)22-12-6-2-3-7-13-22/h4-5,8-11,14H,2-3,6-7,12-13,15H2,1H3. The molecule has 4 rings (SSSR count). The first-order valence-corrected chi connectivity index (χ1v) is 10.9. The van der Waals surface area contributed by atoms with Crippen LogP contribution in [0.2, 0.25) is 0 Å². The summed E-state index contributed by atoms with van der Waals surface area (Å²) in [7, 11) is -3.77. The van der Waals surface area contributed by atoms with Crippen LogP contribution in [0, 0.1) is 6.92 Å². The smallest absolute Gasteiger partial charge is 0.265 e. The molecule has 27 heavy (non-hydrogen) atoms. The molecule has 2 aliphatic rings. The van der Waals surface area contributed by atoms with E-state index in [9.17, 15) is 13.2 Å². The van der Waals surface area contributed by atoms with Gasteiger partial charge in [-0.2, -0.15) is 0 Å². The fourth-order valence-electron chi connectivity index (χ4n) is 3.96. The lowest BCUT2D eigenvalue weighted by Crippen LogP contribution is -2.44. The Morgan fingerprint density at radius 3 is 2.41 bits per heavy atom. The number of nitrogens with zero attached hydrogens (tertiary/aromatic N) is 2. The molecule has 0 unspecified atom stereocenters. The lowest BCUT2D eigenvalue weighted by atomic mass is 10.0. The van der Waals surface area contributed by atoms with Crippen molar-refractivity contribution in [1.82, 2.24) is 4.90 Å². The summed E-state index contributed by atoms with van der Waals surface area (Å²) in [6, 6.07) is 12.7. The van der Waals surface area contributed by atoms with Gasteiger partial charge >= 0.3 is 0 Å². The number of anilines is 1. The van der Waals surface area contributed by atoms with Crippen LogP contribution in [-0.4, -0.2) is 38.9 Å². The van der Waals surface area contributed by atoms with Gasteiger partial charge in [0.25, 0.3) is 10.0 Å². The Bertz CT molecular complexity index is 977. The van der Waals surface area contributed by atoms with Gasteiger partial charge in [0, 0.05) is 24.2 Å². The molecule has 0 saturated carbocycles. The predicted octanol–water partition coefficient (Wildman–Crippen LogP) is 3.57. The molecule has 0 bridgehead atoms. The normalized spacial score (nSPS) is 18.4. The van der Waals surface area contributed by atoms with Crippen LogP contribution in [-0.2, 0) is 14.8 Å². The second-order valence-corrected chi connectivity index (χ2v) is 9.15. The average molecular weight is 385 g/mol. The third-order valence-electron chi connectivity index (χ3n) is 5.40. The van der Waals surface area contributed by atoms with Crippen LogP contribution in [0.1, 0.15) is 31.2 Å². The van der Waals surface area contributed by atoms with Crippen molar-refractivity contribution in [3.63, 3.8) is 0 Å². The lowest BCUT2D eigenvalue weighted by Gasteiger charge is -2.33. The van der Waals surface area contributed by atoms with Crippen molar-refractivity contribution < 1.29 is 13.2 Å². The maximum Gasteiger partial charge on any atom is 0.265 e. The SMILES string of the molecule is Cc1ccc2c(c1)-c1ccccc1S(=O)(=O)N2CC(=O)N1CCCCCC1. The zero-order valence-electron chi connectivity index (χ0n) is 15.5. The number of carbonyl (C=O) groups excluding carboxylic acids is 1. The van der Waals surface area contributed by atoms with Gasteiger partial charge in [0.2, 0.25) is 5.91 Å². The second kappa shape index (κ2) is 7.00. The van der Waals surface area contributed by atoms with E-state index in [1.54, 1.807) is 12.1 Å². The lowest BCUT2D eigenvalue weighted by molar-refractivity contribution is -0.129. The Morgan fingerprint density at radius 2 is 1.67 bits per heavy atom. The zero-order chi connectivity index (χ0) is 19.0. The summed E-state index contributed by atoms with van der Waals surface area (Å²) in [6.07, 6.45) is 4.22. The number of carbonyl (C=O) groups is 1. The third kappa shape index (κ3) is 3.23. The molecule has 0 aromatic heterocycles. The molecule has 1 fully saturated rings. The van der Waals surface area contributed by atoms with E-state index in [-0.39, 0.29) is 17.3 Å². The Morgan fingerprint density at radius 1 is 0.963 bits per heavy atom. The van der Waals surface area contributed by atoms with Gasteiger partial charge in [0.15, 0.2) is 0 Å². The first-order chi connectivity index (χ1) is 13.0. The van der Waals surface area contributed by atoms with E-state index in [1.165, 1.54) is 4.31 Å². The molecule has 1 amide bonds. The summed E-state index contributed by atoms with van der Waals surface area (Å²) in [5.74, 6) is -0.119. The maximum absolute atomic E-state index is 13.3. The van der Waals surface area contributed by atoms with Crippen LogP contribution in [0.5, 0.6) is 0 Å². The van der Waals surface area contributed by atoms with E-state index in [2.05, 4.69) is 0 Å². The molecular formula is C21H24N2O3S. The summed E-state index contributed by atoms with van der Waals surface area (Å²) in [4.78, 5) is 15.0. The van der Waals surface area contributed by atoms with Crippen molar-refractivity contribution in [2.24, 2.45) is 0 Å². The Balaban J connectivity index is 1.75. The number of amides is 1. The Labute approximate surface area is 160 Å². The van der Waals surface area contributed by atoms with Crippen molar-refractivity contribution in [3.8, 4) is 11.1 Å². The first-order valence-electron chi connectivity index (χ1n) is 9.49. The van der Waals surface area contributed by atoms with Crippen molar-refractivity contribution >= 4 is 21.6 Å². The summed E-state index contributed by atoms with van der Waals surface area (Å²) >= 11 is 0. The Hall–Kier alpha value is -2.34. The Kier molecular flexibility index (Phi) is 4.68. The van der Waals surface area contributed by atoms with Crippen molar-refractivity contribution in [1.29, 1.82) is 0 Å². The monoisotopic (exact) mass is 384 g/mol. The highest BCUT2D eigenvalue weighted by molar-refractivity contribution is 7.93. The molecule has 0 radical (unpaired) electrons. The summed E-state index contributed by atoms with van der Waals surface area (Å²) in [6.45, 7) is 3.26. The van der Waals surface area contributed by atoms with Crippen LogP contribution >= 0.6 is 0 Å². The van der Waals surface area contributed by atoms with E-state index in [0.29, 0.717) is 24.3 Å². The molecule has 6 heteroatoms. The van der Waals surface area contributed by atoms with Gasteiger partial charge in [-0.1, -0.05) is 42.7 Å². The number of aryl methyl sites for hydroxylation is 1. The predicted molar refractivity (Wildman–Crippen MR) is 106 cm³/mol. The quantitative estimate of drug-likeness (QED) is 0.795. The summed E-state index contributed by atoms with van der Waals surface area (Å²) < 4.78 is 27.9. The van der Waals surface area contributed by atoms with Gasteiger partial charge in [0.1, 0.15) is 6.54 Å². The van der Waals surface area contributed by atoms with Crippen LogP contribution in [0.15, 0.2) is 47.4 Å². The molecule has 2 aromatic carbocycles. The van der Waals surface area contributed by atoms with E-state index in [4.69, 9.17) is 0 Å². The molecule has 2 aromatic rings. The van der Waals surface area contributed by atoms with Crippen LogP contribution in [0.3, 0.4) is 0 Å². The minimum absolute atomic E-state index is 0.119. The number of sulfonamides is 1. The minimum atomic E-state index is -3.77. The van der Waals surface area contributed by atoms with Crippen molar-refractivity contribution in [3.05, 3.63) is 48.0 Å². The van der Waals surface area contributed by atoms with Gasteiger partial charge in [-0.25, -0.2) is 8.42 Å². The van der Waals surface area contributed by atoms with Crippen molar-refractivity contribution in [2.45, 2.75) is 37.5 Å². The van der Waals surface area contributed by atoms with Gasteiger partial charge in [0.05, 0.1) is 10.6 Å². The maximum atomic E-state index is 13.3. The van der Waals surface area contributed by atoms with Gasteiger partial charge in [-0.05, 0) is 38.0 Å². The largest absolute Gasteiger partial charge is 0.341 e. The second-order valence-electron chi connectivity index (χ2n) is 7.32. The van der Waals surface area contributed by atoms with Crippen LogP contribution in [0.4, 0.5) is 5.69 Å². The molecule has 0 N–H and O–H groups in total. The molecule has 5 nitrogen and oxygen atoms in total. The number of likely N-dealkylation sites (tertiary alicyclic amines) is 1. The van der Waals surface area contributed by atoms with Gasteiger partial charge in [-0.3, -0.25) is 9.10 Å². The number of hydrogen-bond donors (Lipinski definition) is 0. The highest BCUT2D eigenvalue weighted by Crippen LogP contribution is 2.43. The van der Waals surface area contributed by atoms with E-state index < -0.39 is 10.0 Å². The summed E-state index contributed by atoms with van der Waals surface area (Å²) in [5, 5.41) is 0. The fourth-order valence-corrected chi connectivity index (χ4v) is 5.60. The van der Waals surface area contributed by atoms with Crippen LogP contribution < -0.4 is 4.31 Å². The number of rotatable bonds is 2. The molecule has 0 aliphatic carbocycles. The fraction of sp³-hybridized carbons (Fsp3) is 0.381. The number of fused-ring (bicyclic) bond motifs is 3. The number of hydrogen-bond acceptors (Lipinski definition) is 3. The number of benzene rings is 2. The molecule has 2 heterocycles. The molecular weight excluding hydrogens is 360 g/mol. The van der Waals surface area contributed by atoms with Gasteiger partial charge < -0.3 is 4.90 Å². The van der Waals surface area contributed by atoms with Crippen molar-refractivity contribution in [2.75, 3.05) is 23.9 Å². The first kappa shape index (κ1) is 18.0. The third-order valence-corrected chi connectivity index (χ3v) is 7.22. The average Bonchev–Trinajstić information content (AvgIpc) is 2.95. The van der Waals surface area contributed by atoms with Crippen LogP contribution in [0.25, 0.3) is 11.1 Å². The highest BCUT2D eigenvalue weighted by Gasteiger charge is 2.36. The summed E-state index contributed by atoms with van der Waals surface area (Å²) in [5.41, 5.74) is 3.21. The zero-order valence-corrected chi connectivity index (χ0v) is 16.3.